The maximum atomic E-state index is 12.3. The summed E-state index contributed by atoms with van der Waals surface area (Å²) in [7, 11) is 0. The number of halogens is 1. The van der Waals surface area contributed by atoms with Crippen molar-refractivity contribution in [2.45, 2.75) is 26.7 Å². The fourth-order valence-corrected chi connectivity index (χ4v) is 2.33. The molecule has 4 heteroatoms. The van der Waals surface area contributed by atoms with Gasteiger partial charge in [0.25, 0.3) is 5.91 Å². The summed E-state index contributed by atoms with van der Waals surface area (Å²) >= 11 is 3.26. The van der Waals surface area contributed by atoms with E-state index in [9.17, 15) is 4.79 Å². The van der Waals surface area contributed by atoms with Gasteiger partial charge in [-0.25, -0.2) is 4.98 Å². The highest BCUT2D eigenvalue weighted by atomic mass is 79.9. The number of amides is 1. The van der Waals surface area contributed by atoms with Crippen LogP contribution in [-0.2, 0) is 12.8 Å². The maximum Gasteiger partial charge on any atom is 0.257 e. The fraction of sp³-hybridized carbons (Fsp3) is 0.250. The van der Waals surface area contributed by atoms with Crippen LogP contribution >= 0.6 is 15.9 Å². The second kappa shape index (κ2) is 6.66. The van der Waals surface area contributed by atoms with Gasteiger partial charge in [0.05, 0.1) is 5.56 Å². The Morgan fingerprint density at radius 2 is 1.80 bits per heavy atom. The van der Waals surface area contributed by atoms with Crippen molar-refractivity contribution in [3.63, 3.8) is 0 Å². The average molecular weight is 333 g/mol. The molecular formula is C16H17BrN2O. The fourth-order valence-electron chi connectivity index (χ4n) is 2.10. The molecule has 20 heavy (non-hydrogen) atoms. The van der Waals surface area contributed by atoms with Crippen molar-refractivity contribution in [2.24, 2.45) is 0 Å². The molecule has 0 fully saturated rings. The van der Waals surface area contributed by atoms with Crippen LogP contribution < -0.4 is 5.32 Å². The van der Waals surface area contributed by atoms with Gasteiger partial charge in [-0.1, -0.05) is 32.0 Å². The first-order valence-corrected chi connectivity index (χ1v) is 7.48. The Morgan fingerprint density at radius 1 is 1.15 bits per heavy atom. The van der Waals surface area contributed by atoms with Crippen molar-refractivity contribution < 1.29 is 4.79 Å². The number of para-hydroxylation sites is 1. The smallest absolute Gasteiger partial charge is 0.257 e. The summed E-state index contributed by atoms with van der Waals surface area (Å²) in [6.07, 6.45) is 3.35. The summed E-state index contributed by atoms with van der Waals surface area (Å²) in [5.41, 5.74) is 3.80. The highest BCUT2D eigenvalue weighted by Crippen LogP contribution is 2.23. The van der Waals surface area contributed by atoms with Gasteiger partial charge >= 0.3 is 0 Å². The highest BCUT2D eigenvalue weighted by Gasteiger charge is 2.11. The predicted octanol–water partition coefficient (Wildman–Crippen LogP) is 4.22. The molecule has 0 bridgehead atoms. The monoisotopic (exact) mass is 332 g/mol. The van der Waals surface area contributed by atoms with Crippen molar-refractivity contribution in [2.75, 3.05) is 5.32 Å². The molecule has 1 aromatic carbocycles. The minimum Gasteiger partial charge on any atom is -0.321 e. The number of carbonyl (C=O) groups is 1. The van der Waals surface area contributed by atoms with E-state index in [0.717, 1.165) is 34.3 Å². The number of aryl methyl sites for hydroxylation is 2. The molecule has 3 nitrogen and oxygen atoms in total. The first-order valence-electron chi connectivity index (χ1n) is 6.69. The van der Waals surface area contributed by atoms with Crippen LogP contribution in [0.3, 0.4) is 0 Å². The molecule has 0 aliphatic heterocycles. The molecule has 0 aliphatic rings. The predicted molar refractivity (Wildman–Crippen MR) is 85.1 cm³/mol. The SMILES string of the molecule is CCc1cccc(CC)c1NC(=O)c1ccc(Br)nc1. The highest BCUT2D eigenvalue weighted by molar-refractivity contribution is 9.10. The Kier molecular flexibility index (Phi) is 4.90. The van der Waals surface area contributed by atoms with Crippen molar-refractivity contribution in [1.29, 1.82) is 0 Å². The third-order valence-corrected chi connectivity index (χ3v) is 3.70. The topological polar surface area (TPSA) is 42.0 Å². The van der Waals surface area contributed by atoms with E-state index in [1.54, 1.807) is 18.3 Å². The van der Waals surface area contributed by atoms with Crippen molar-refractivity contribution >= 4 is 27.5 Å². The van der Waals surface area contributed by atoms with E-state index in [1.807, 2.05) is 6.07 Å². The summed E-state index contributed by atoms with van der Waals surface area (Å²) in [5, 5.41) is 3.02. The van der Waals surface area contributed by atoms with Crippen LogP contribution in [0.15, 0.2) is 41.1 Å². The van der Waals surface area contributed by atoms with E-state index in [-0.39, 0.29) is 5.91 Å². The van der Waals surface area contributed by atoms with Gasteiger partial charge in [0.1, 0.15) is 4.60 Å². The Morgan fingerprint density at radius 3 is 2.30 bits per heavy atom. The van der Waals surface area contributed by atoms with E-state index in [0.29, 0.717) is 5.56 Å². The number of hydrogen-bond donors (Lipinski definition) is 1. The maximum absolute atomic E-state index is 12.3. The summed E-state index contributed by atoms with van der Waals surface area (Å²) in [4.78, 5) is 16.4. The lowest BCUT2D eigenvalue weighted by atomic mass is 10.0. The minimum absolute atomic E-state index is 0.124. The van der Waals surface area contributed by atoms with Crippen LogP contribution in [0, 0.1) is 0 Å². The zero-order chi connectivity index (χ0) is 14.5. The van der Waals surface area contributed by atoms with E-state index in [4.69, 9.17) is 0 Å². The van der Waals surface area contributed by atoms with Gasteiger partial charge in [0, 0.05) is 11.9 Å². The van der Waals surface area contributed by atoms with Gasteiger partial charge in [-0.3, -0.25) is 4.79 Å². The Labute approximate surface area is 127 Å². The number of aromatic nitrogens is 1. The summed E-state index contributed by atoms with van der Waals surface area (Å²) in [6, 6.07) is 9.66. The molecule has 2 aromatic rings. The average Bonchev–Trinajstić information content (AvgIpc) is 2.48. The molecule has 1 amide bonds. The van der Waals surface area contributed by atoms with Gasteiger partial charge in [-0.2, -0.15) is 0 Å². The van der Waals surface area contributed by atoms with Crippen LogP contribution in [0.4, 0.5) is 5.69 Å². The zero-order valence-electron chi connectivity index (χ0n) is 11.6. The molecule has 0 saturated carbocycles. The van der Waals surface area contributed by atoms with Gasteiger partial charge in [-0.15, -0.1) is 0 Å². The minimum atomic E-state index is -0.124. The van der Waals surface area contributed by atoms with E-state index < -0.39 is 0 Å². The number of nitrogens with zero attached hydrogens (tertiary/aromatic N) is 1. The summed E-state index contributed by atoms with van der Waals surface area (Å²) < 4.78 is 0.720. The number of hydrogen-bond acceptors (Lipinski definition) is 2. The van der Waals surface area contributed by atoms with Crippen molar-refractivity contribution in [3.8, 4) is 0 Å². The normalized spacial score (nSPS) is 10.3. The summed E-state index contributed by atoms with van der Waals surface area (Å²) in [6.45, 7) is 4.18. The lowest BCUT2D eigenvalue weighted by molar-refractivity contribution is 0.102. The second-order valence-electron chi connectivity index (χ2n) is 4.48. The Hall–Kier alpha value is -1.68. The van der Waals surface area contributed by atoms with Crippen molar-refractivity contribution in [3.05, 3.63) is 57.8 Å². The molecular weight excluding hydrogens is 316 g/mol. The zero-order valence-corrected chi connectivity index (χ0v) is 13.2. The van der Waals surface area contributed by atoms with Gasteiger partial charge in [0.2, 0.25) is 0 Å². The van der Waals surface area contributed by atoms with E-state index in [2.05, 4.69) is 52.2 Å². The number of pyridine rings is 1. The molecule has 0 unspecified atom stereocenters. The Bertz CT molecular complexity index is 586. The molecule has 0 atom stereocenters. The molecule has 0 saturated heterocycles. The quantitative estimate of drug-likeness (QED) is 0.851. The number of carbonyl (C=O) groups excluding carboxylic acids is 1. The third-order valence-electron chi connectivity index (χ3n) is 3.23. The van der Waals surface area contributed by atoms with Crippen LogP contribution in [0.2, 0.25) is 0 Å². The number of anilines is 1. The molecule has 0 aliphatic carbocycles. The lowest BCUT2D eigenvalue weighted by Gasteiger charge is -2.14. The first kappa shape index (κ1) is 14.7. The molecule has 104 valence electrons. The van der Waals surface area contributed by atoms with Crippen LogP contribution in [0.1, 0.15) is 35.3 Å². The Balaban J connectivity index is 2.29. The van der Waals surface area contributed by atoms with Crippen molar-refractivity contribution in [1.82, 2.24) is 4.98 Å². The third kappa shape index (κ3) is 3.25. The molecule has 0 radical (unpaired) electrons. The van der Waals surface area contributed by atoms with Gasteiger partial charge in [-0.05, 0) is 52.0 Å². The van der Waals surface area contributed by atoms with Crippen LogP contribution in [-0.4, -0.2) is 10.9 Å². The molecule has 2 rings (SSSR count). The first-order chi connectivity index (χ1) is 9.65. The molecule has 1 aromatic heterocycles. The standard InChI is InChI=1S/C16H17BrN2O/c1-3-11-6-5-7-12(4-2)15(11)19-16(20)13-8-9-14(17)18-10-13/h5-10H,3-4H2,1-2H3,(H,19,20). The van der Waals surface area contributed by atoms with Crippen LogP contribution in [0.5, 0.6) is 0 Å². The van der Waals surface area contributed by atoms with Gasteiger partial charge in [0.15, 0.2) is 0 Å². The van der Waals surface area contributed by atoms with Gasteiger partial charge < -0.3 is 5.32 Å². The largest absolute Gasteiger partial charge is 0.321 e. The number of nitrogens with one attached hydrogen (secondary N) is 1. The van der Waals surface area contributed by atoms with E-state index >= 15 is 0 Å². The second-order valence-corrected chi connectivity index (χ2v) is 5.29. The molecule has 1 heterocycles. The number of rotatable bonds is 4. The lowest BCUT2D eigenvalue weighted by Crippen LogP contribution is -2.15. The number of benzene rings is 1. The summed E-state index contributed by atoms with van der Waals surface area (Å²) in [5.74, 6) is -0.124. The van der Waals surface area contributed by atoms with Crippen LogP contribution in [0.25, 0.3) is 0 Å². The molecule has 0 spiro atoms. The molecule has 1 N–H and O–H groups in total. The van der Waals surface area contributed by atoms with E-state index in [1.165, 1.54) is 0 Å².